The normalized spacial score (nSPS) is 44.4. The van der Waals surface area contributed by atoms with E-state index >= 15 is 0 Å². The minimum Gasteiger partial charge on any atom is -0.353 e. The van der Waals surface area contributed by atoms with Crippen LogP contribution in [0.5, 0.6) is 0 Å². The number of fused-ring (bicyclic) bond motifs is 1. The summed E-state index contributed by atoms with van der Waals surface area (Å²) in [4.78, 5) is 18.2. The number of hydroxylamine groups is 1. The van der Waals surface area contributed by atoms with E-state index in [1.165, 1.54) is 25.7 Å². The molecule has 2 aliphatic carbocycles. The number of hydrogen-bond acceptors (Lipinski definition) is 5. The van der Waals surface area contributed by atoms with Crippen molar-refractivity contribution in [2.75, 3.05) is 13.1 Å². The van der Waals surface area contributed by atoms with Crippen LogP contribution in [0.4, 0.5) is 0 Å². The largest absolute Gasteiger partial charge is 0.353 e. The second kappa shape index (κ2) is 7.91. The average Bonchev–Trinajstić information content (AvgIpc) is 3.29. The molecule has 1 amide bonds. The number of amides is 1. The number of nitrogens with one attached hydrogen (secondary N) is 4. The van der Waals surface area contributed by atoms with Crippen molar-refractivity contribution in [2.45, 2.75) is 76.7 Å². The fourth-order valence-electron chi connectivity index (χ4n) is 5.51. The molecule has 4 fully saturated rings. The molecule has 2 saturated carbocycles. The van der Waals surface area contributed by atoms with Crippen LogP contribution in [0.3, 0.4) is 0 Å². The Morgan fingerprint density at radius 1 is 1.16 bits per heavy atom. The molecular formula is C19H34N4O2. The molecule has 0 bridgehead atoms. The maximum Gasteiger partial charge on any atom is 0.224 e. The minimum absolute atomic E-state index is 0.155. The highest BCUT2D eigenvalue weighted by molar-refractivity contribution is 5.79. The molecule has 6 nitrogen and oxygen atoms in total. The first kappa shape index (κ1) is 17.7. The molecular weight excluding hydrogens is 316 g/mol. The van der Waals surface area contributed by atoms with Crippen molar-refractivity contribution in [1.29, 1.82) is 0 Å². The van der Waals surface area contributed by atoms with Gasteiger partial charge in [0.05, 0.1) is 12.1 Å². The number of rotatable bonds is 4. The molecule has 6 heteroatoms. The molecule has 6 unspecified atom stereocenters. The summed E-state index contributed by atoms with van der Waals surface area (Å²) in [6, 6.07) is 0.407. The lowest BCUT2D eigenvalue weighted by Gasteiger charge is -2.37. The summed E-state index contributed by atoms with van der Waals surface area (Å²) < 4.78 is 0. The summed E-state index contributed by atoms with van der Waals surface area (Å²) in [7, 11) is 0. The average molecular weight is 351 g/mol. The second-order valence-electron chi connectivity index (χ2n) is 8.51. The third-order valence-corrected chi connectivity index (χ3v) is 6.99. The van der Waals surface area contributed by atoms with Crippen LogP contribution >= 0.6 is 0 Å². The quantitative estimate of drug-likeness (QED) is 0.618. The van der Waals surface area contributed by atoms with Gasteiger partial charge in [-0.25, -0.2) is 0 Å². The summed E-state index contributed by atoms with van der Waals surface area (Å²) >= 11 is 0. The highest BCUT2D eigenvalue weighted by Gasteiger charge is 2.44. The minimum atomic E-state index is 0.155. The lowest BCUT2D eigenvalue weighted by molar-refractivity contribution is -0.126. The second-order valence-corrected chi connectivity index (χ2v) is 8.51. The Labute approximate surface area is 151 Å². The van der Waals surface area contributed by atoms with E-state index in [4.69, 9.17) is 4.84 Å². The molecule has 0 aromatic heterocycles. The van der Waals surface area contributed by atoms with Crippen molar-refractivity contribution in [1.82, 2.24) is 21.4 Å². The van der Waals surface area contributed by atoms with Gasteiger partial charge >= 0.3 is 0 Å². The standard InChI is InChI=1S/C19H34N4O2/c1-2-17-22-18(23-25-17)13-5-7-15-12(10-13)6-8-16(15)21-19(24)14-4-3-9-20-11-14/h12-18,20,22-23H,2-11H2,1H3,(H,21,24)/t12?,13?,14?,15?,16-,17?,18?/m1/s1. The van der Waals surface area contributed by atoms with E-state index < -0.39 is 0 Å². The number of carbonyl (C=O) groups excluding carboxylic acids is 1. The van der Waals surface area contributed by atoms with E-state index in [9.17, 15) is 4.79 Å². The summed E-state index contributed by atoms with van der Waals surface area (Å²) in [5.74, 6) is 2.56. The lowest BCUT2D eigenvalue weighted by Crippen LogP contribution is -2.48. The first-order chi connectivity index (χ1) is 12.2. The fourth-order valence-corrected chi connectivity index (χ4v) is 5.51. The zero-order valence-electron chi connectivity index (χ0n) is 15.4. The SMILES string of the molecule is CCC1NC(C2CCC3C(CC[C@H]3NC(=O)C3CCCNC3)C2)NO1. The summed E-state index contributed by atoms with van der Waals surface area (Å²) in [5.41, 5.74) is 3.21. The van der Waals surface area contributed by atoms with Gasteiger partial charge in [0.1, 0.15) is 6.23 Å². The molecule has 0 aromatic carbocycles. The number of piperidine rings is 1. The van der Waals surface area contributed by atoms with Gasteiger partial charge in [0.25, 0.3) is 0 Å². The van der Waals surface area contributed by atoms with Crippen LogP contribution in [0, 0.1) is 23.7 Å². The molecule has 25 heavy (non-hydrogen) atoms. The molecule has 4 N–H and O–H groups in total. The van der Waals surface area contributed by atoms with Crippen LogP contribution in [0.15, 0.2) is 0 Å². The maximum atomic E-state index is 12.6. The first-order valence-corrected chi connectivity index (χ1v) is 10.4. The summed E-state index contributed by atoms with van der Waals surface area (Å²) in [5, 5.41) is 10.3. The molecule has 7 atom stereocenters. The highest BCUT2D eigenvalue weighted by Crippen LogP contribution is 2.45. The Balaban J connectivity index is 1.28. The van der Waals surface area contributed by atoms with Crippen molar-refractivity contribution < 1.29 is 9.63 Å². The topological polar surface area (TPSA) is 74.4 Å². The fraction of sp³-hybridized carbons (Fsp3) is 0.947. The van der Waals surface area contributed by atoms with Gasteiger partial charge in [-0.05, 0) is 75.7 Å². The molecule has 2 heterocycles. The van der Waals surface area contributed by atoms with E-state index in [-0.39, 0.29) is 12.1 Å². The van der Waals surface area contributed by atoms with Gasteiger partial charge < -0.3 is 10.6 Å². The Morgan fingerprint density at radius 3 is 2.80 bits per heavy atom. The molecule has 142 valence electrons. The van der Waals surface area contributed by atoms with Crippen molar-refractivity contribution in [3.05, 3.63) is 0 Å². The maximum absolute atomic E-state index is 12.6. The van der Waals surface area contributed by atoms with E-state index in [2.05, 4.69) is 28.4 Å². The third kappa shape index (κ3) is 3.87. The zero-order valence-corrected chi connectivity index (χ0v) is 15.4. The predicted octanol–water partition coefficient (Wildman–Crippen LogP) is 1.48. The van der Waals surface area contributed by atoms with Gasteiger partial charge in [-0.1, -0.05) is 6.92 Å². The smallest absolute Gasteiger partial charge is 0.224 e. The van der Waals surface area contributed by atoms with Crippen LogP contribution in [0.25, 0.3) is 0 Å². The lowest BCUT2D eigenvalue weighted by atomic mass is 9.73. The molecule has 4 rings (SSSR count). The highest BCUT2D eigenvalue weighted by atomic mass is 16.7. The van der Waals surface area contributed by atoms with Gasteiger partial charge in [0.2, 0.25) is 5.91 Å². The van der Waals surface area contributed by atoms with Crippen molar-refractivity contribution in [3.63, 3.8) is 0 Å². The van der Waals surface area contributed by atoms with Gasteiger partial charge in [-0.3, -0.25) is 14.9 Å². The molecule has 2 saturated heterocycles. The molecule has 0 aromatic rings. The Kier molecular flexibility index (Phi) is 5.60. The molecule has 2 aliphatic heterocycles. The van der Waals surface area contributed by atoms with E-state index in [1.807, 2.05) is 0 Å². The first-order valence-electron chi connectivity index (χ1n) is 10.4. The monoisotopic (exact) mass is 350 g/mol. The van der Waals surface area contributed by atoms with E-state index in [0.29, 0.717) is 30.0 Å². The van der Waals surface area contributed by atoms with Gasteiger partial charge in [0.15, 0.2) is 0 Å². The van der Waals surface area contributed by atoms with Crippen LogP contribution in [0.2, 0.25) is 0 Å². The summed E-state index contributed by atoms with van der Waals surface area (Å²) in [6.07, 6.45) is 9.75. The number of carbonyl (C=O) groups is 1. The Hall–Kier alpha value is -0.690. The summed E-state index contributed by atoms with van der Waals surface area (Å²) in [6.45, 7) is 4.06. The Morgan fingerprint density at radius 2 is 2.04 bits per heavy atom. The zero-order chi connectivity index (χ0) is 17.2. The van der Waals surface area contributed by atoms with Crippen LogP contribution in [-0.4, -0.2) is 37.4 Å². The predicted molar refractivity (Wildman–Crippen MR) is 96.3 cm³/mol. The van der Waals surface area contributed by atoms with E-state index in [1.54, 1.807) is 0 Å². The van der Waals surface area contributed by atoms with Crippen molar-refractivity contribution >= 4 is 5.91 Å². The van der Waals surface area contributed by atoms with E-state index in [0.717, 1.165) is 44.7 Å². The van der Waals surface area contributed by atoms with Gasteiger partial charge in [-0.2, -0.15) is 5.48 Å². The molecule has 0 spiro atoms. The molecule has 0 radical (unpaired) electrons. The van der Waals surface area contributed by atoms with Crippen LogP contribution < -0.4 is 21.4 Å². The van der Waals surface area contributed by atoms with Crippen molar-refractivity contribution in [2.24, 2.45) is 23.7 Å². The Bertz CT molecular complexity index is 468. The third-order valence-electron chi connectivity index (χ3n) is 6.99. The van der Waals surface area contributed by atoms with Crippen LogP contribution in [0.1, 0.15) is 58.3 Å². The van der Waals surface area contributed by atoms with Crippen molar-refractivity contribution in [3.8, 4) is 0 Å². The number of hydrogen-bond donors (Lipinski definition) is 4. The molecule has 4 aliphatic rings. The van der Waals surface area contributed by atoms with Crippen LogP contribution in [-0.2, 0) is 9.63 Å². The van der Waals surface area contributed by atoms with Gasteiger partial charge in [-0.15, -0.1) is 0 Å². The van der Waals surface area contributed by atoms with Gasteiger partial charge in [0, 0.05) is 12.6 Å².